The molecule has 0 unspecified atom stereocenters. The monoisotopic (exact) mass is 415 g/mol. The zero-order valence-corrected chi connectivity index (χ0v) is 16.9. The summed E-state index contributed by atoms with van der Waals surface area (Å²) < 4.78 is 5.36. The number of allylic oxidation sites excluding steroid dienone is 2. The number of ketones is 1. The minimum Gasteiger partial charge on any atom is -0.451 e. The van der Waals surface area contributed by atoms with Crippen LogP contribution in [0.3, 0.4) is 0 Å². The lowest BCUT2D eigenvalue weighted by Gasteiger charge is -2.18. The molecule has 156 valence electrons. The summed E-state index contributed by atoms with van der Waals surface area (Å²) in [4.78, 5) is 52.3. The summed E-state index contributed by atoms with van der Waals surface area (Å²) in [5.74, 6) is -1.76. The third kappa shape index (κ3) is 3.10. The van der Waals surface area contributed by atoms with Gasteiger partial charge in [-0.2, -0.15) is 0 Å². The zero-order chi connectivity index (χ0) is 21.7. The maximum atomic E-state index is 13.0. The van der Waals surface area contributed by atoms with E-state index in [0.717, 1.165) is 6.42 Å². The molecule has 0 radical (unpaired) electrons. The van der Waals surface area contributed by atoms with Crippen LogP contribution in [0.4, 0.5) is 5.69 Å². The fraction of sp³-hybridized carbons (Fsp3) is 0.280. The maximum absolute atomic E-state index is 13.0. The second-order valence-corrected chi connectivity index (χ2v) is 8.34. The van der Waals surface area contributed by atoms with E-state index < -0.39 is 12.1 Å². The third-order valence-corrected chi connectivity index (χ3v) is 6.52. The van der Waals surface area contributed by atoms with Gasteiger partial charge in [0, 0.05) is 5.56 Å². The minimum atomic E-state index is -0.963. The number of Topliss-reactive ketones (excluding diaryl/α,β-unsaturated/α-hetero) is 1. The summed E-state index contributed by atoms with van der Waals surface area (Å²) in [6, 6.07) is 14.9. The van der Waals surface area contributed by atoms with Crippen LogP contribution in [0, 0.1) is 23.7 Å². The molecule has 6 nitrogen and oxygen atoms in total. The standard InChI is InChI=1S/C25H21NO5/c1-14(22(27)15-6-3-2-4-7-15)31-25(30)18-8-5-9-19(13-18)26-23(28)20-16-10-11-17(12-16)21(20)24(26)29/h2-11,13-14,16-17,20-21H,12H2,1H3/t14-,16-,17+,20+,21-/m0/s1. The molecule has 2 fully saturated rings. The fourth-order valence-corrected chi connectivity index (χ4v) is 5.05. The van der Waals surface area contributed by atoms with Crippen molar-refractivity contribution in [2.24, 2.45) is 23.7 Å². The number of carbonyl (C=O) groups is 4. The van der Waals surface area contributed by atoms with Crippen molar-refractivity contribution < 1.29 is 23.9 Å². The Bertz CT molecular complexity index is 1090. The van der Waals surface area contributed by atoms with E-state index in [1.807, 2.05) is 12.2 Å². The van der Waals surface area contributed by atoms with Crippen LogP contribution in [0.25, 0.3) is 0 Å². The largest absolute Gasteiger partial charge is 0.451 e. The number of amides is 2. The van der Waals surface area contributed by atoms with E-state index in [4.69, 9.17) is 4.74 Å². The number of hydrogen-bond acceptors (Lipinski definition) is 5. The minimum absolute atomic E-state index is 0.120. The second-order valence-electron chi connectivity index (χ2n) is 8.34. The number of benzene rings is 2. The molecular formula is C25H21NO5. The van der Waals surface area contributed by atoms with E-state index in [2.05, 4.69) is 0 Å². The fourth-order valence-electron chi connectivity index (χ4n) is 5.05. The average Bonchev–Trinajstić information content (AvgIpc) is 3.47. The van der Waals surface area contributed by atoms with E-state index >= 15 is 0 Å². The van der Waals surface area contributed by atoms with Gasteiger partial charge in [-0.25, -0.2) is 9.69 Å². The van der Waals surface area contributed by atoms with Crippen LogP contribution in [-0.4, -0.2) is 29.7 Å². The molecule has 0 aromatic heterocycles. The topological polar surface area (TPSA) is 80.8 Å². The Kier molecular flexibility index (Phi) is 4.58. The molecule has 1 heterocycles. The first kappa shape index (κ1) is 19.4. The summed E-state index contributed by atoms with van der Waals surface area (Å²) >= 11 is 0. The van der Waals surface area contributed by atoms with Crippen LogP contribution in [0.15, 0.2) is 66.7 Å². The van der Waals surface area contributed by atoms with Gasteiger partial charge in [-0.3, -0.25) is 14.4 Å². The van der Waals surface area contributed by atoms with Gasteiger partial charge in [0.2, 0.25) is 17.6 Å². The Morgan fingerprint density at radius 2 is 1.52 bits per heavy atom. The summed E-state index contributed by atoms with van der Waals surface area (Å²) in [6.07, 6.45) is 3.98. The predicted octanol–water partition coefficient (Wildman–Crippen LogP) is 3.43. The number of carbonyl (C=O) groups excluding carboxylic acids is 4. The van der Waals surface area contributed by atoms with Crippen LogP contribution in [0.1, 0.15) is 34.1 Å². The molecule has 0 spiro atoms. The Labute approximate surface area is 179 Å². The maximum Gasteiger partial charge on any atom is 0.338 e. The first-order valence-corrected chi connectivity index (χ1v) is 10.4. The van der Waals surface area contributed by atoms with Crippen molar-refractivity contribution in [3.8, 4) is 0 Å². The van der Waals surface area contributed by atoms with Gasteiger partial charge in [0.1, 0.15) is 0 Å². The van der Waals surface area contributed by atoms with Crippen molar-refractivity contribution in [1.29, 1.82) is 0 Å². The molecule has 1 aliphatic heterocycles. The molecule has 2 aromatic rings. The molecule has 1 saturated heterocycles. The number of hydrogen-bond donors (Lipinski definition) is 0. The van der Waals surface area contributed by atoms with Gasteiger partial charge >= 0.3 is 5.97 Å². The quantitative estimate of drug-likeness (QED) is 0.324. The summed E-state index contributed by atoms with van der Waals surface area (Å²) in [5, 5.41) is 0. The lowest BCUT2D eigenvalue weighted by molar-refractivity contribution is -0.123. The van der Waals surface area contributed by atoms with Crippen molar-refractivity contribution in [1.82, 2.24) is 0 Å². The van der Waals surface area contributed by atoms with E-state index in [0.29, 0.717) is 11.3 Å². The smallest absolute Gasteiger partial charge is 0.338 e. The Hall–Kier alpha value is -3.54. The van der Waals surface area contributed by atoms with Crippen molar-refractivity contribution in [3.63, 3.8) is 0 Å². The predicted molar refractivity (Wildman–Crippen MR) is 112 cm³/mol. The molecule has 2 aromatic carbocycles. The van der Waals surface area contributed by atoms with Gasteiger partial charge < -0.3 is 4.74 Å². The van der Waals surface area contributed by atoms with Gasteiger partial charge in [-0.05, 0) is 43.4 Å². The number of imide groups is 1. The number of anilines is 1. The molecule has 2 amide bonds. The third-order valence-electron chi connectivity index (χ3n) is 6.52. The van der Waals surface area contributed by atoms with Crippen LogP contribution in [0.5, 0.6) is 0 Å². The van der Waals surface area contributed by atoms with Gasteiger partial charge in [-0.1, -0.05) is 48.6 Å². The molecule has 6 heteroatoms. The first-order valence-electron chi connectivity index (χ1n) is 10.4. The number of esters is 1. The van der Waals surface area contributed by atoms with Gasteiger partial charge in [0.05, 0.1) is 23.1 Å². The Balaban J connectivity index is 1.34. The van der Waals surface area contributed by atoms with E-state index in [1.165, 1.54) is 17.9 Å². The van der Waals surface area contributed by atoms with Crippen LogP contribution < -0.4 is 4.90 Å². The number of fused-ring (bicyclic) bond motifs is 5. The zero-order valence-electron chi connectivity index (χ0n) is 16.9. The number of ether oxygens (including phenoxy) is 1. The van der Waals surface area contributed by atoms with E-state index in [1.54, 1.807) is 48.5 Å². The molecule has 2 aliphatic carbocycles. The first-order chi connectivity index (χ1) is 15.0. The molecule has 31 heavy (non-hydrogen) atoms. The van der Waals surface area contributed by atoms with Crippen molar-refractivity contribution in [3.05, 3.63) is 77.9 Å². The summed E-state index contributed by atoms with van der Waals surface area (Å²) in [6.45, 7) is 1.52. The van der Waals surface area contributed by atoms with Crippen molar-refractivity contribution in [2.45, 2.75) is 19.4 Å². The highest BCUT2D eigenvalue weighted by Gasteiger charge is 2.59. The summed E-state index contributed by atoms with van der Waals surface area (Å²) in [5.41, 5.74) is 1.00. The number of nitrogens with zero attached hydrogens (tertiary/aromatic N) is 1. The highest BCUT2D eigenvalue weighted by Crippen LogP contribution is 2.53. The summed E-state index contributed by atoms with van der Waals surface area (Å²) in [7, 11) is 0. The molecular weight excluding hydrogens is 394 g/mol. The normalized spacial score (nSPS) is 26.8. The van der Waals surface area contributed by atoms with Crippen LogP contribution in [0.2, 0.25) is 0 Å². The Morgan fingerprint density at radius 1 is 0.903 bits per heavy atom. The Morgan fingerprint density at radius 3 is 2.16 bits per heavy atom. The highest BCUT2D eigenvalue weighted by molar-refractivity contribution is 6.23. The van der Waals surface area contributed by atoms with Crippen LogP contribution >= 0.6 is 0 Å². The van der Waals surface area contributed by atoms with E-state index in [-0.39, 0.29) is 46.8 Å². The number of rotatable bonds is 5. The van der Waals surface area contributed by atoms with Gasteiger partial charge in [0.25, 0.3) is 0 Å². The second kappa shape index (κ2) is 7.30. The van der Waals surface area contributed by atoms with Crippen molar-refractivity contribution >= 4 is 29.3 Å². The molecule has 5 atom stereocenters. The molecule has 0 N–H and O–H groups in total. The molecule has 3 aliphatic rings. The molecule has 2 bridgehead atoms. The van der Waals surface area contributed by atoms with E-state index in [9.17, 15) is 19.2 Å². The molecule has 1 saturated carbocycles. The van der Waals surface area contributed by atoms with Crippen LogP contribution in [-0.2, 0) is 14.3 Å². The van der Waals surface area contributed by atoms with Gasteiger partial charge in [-0.15, -0.1) is 0 Å². The lowest BCUT2D eigenvalue weighted by Crippen LogP contribution is -2.33. The van der Waals surface area contributed by atoms with Crippen molar-refractivity contribution in [2.75, 3.05) is 4.90 Å². The highest BCUT2D eigenvalue weighted by atomic mass is 16.5. The molecule has 5 rings (SSSR count). The van der Waals surface area contributed by atoms with Gasteiger partial charge in [0.15, 0.2) is 6.10 Å². The lowest BCUT2D eigenvalue weighted by atomic mass is 9.85. The average molecular weight is 415 g/mol. The SMILES string of the molecule is C[C@H](OC(=O)c1cccc(N2C(=O)[C@@H]3[C@H](C2=O)[C@H]2C=C[C@@H]3C2)c1)C(=O)c1ccccc1.